The van der Waals surface area contributed by atoms with Gasteiger partial charge in [0, 0.05) is 12.1 Å². The molecule has 0 radical (unpaired) electrons. The lowest BCUT2D eigenvalue weighted by Crippen LogP contribution is -2.08. The molecule has 0 spiro atoms. The van der Waals surface area contributed by atoms with E-state index in [-0.39, 0.29) is 4.90 Å². The zero-order valence-corrected chi connectivity index (χ0v) is 8.76. The van der Waals surface area contributed by atoms with Crippen LogP contribution in [0.1, 0.15) is 5.56 Å². The Bertz CT molecular complexity index is 419. The summed E-state index contributed by atoms with van der Waals surface area (Å²) in [5.74, 6) is 0. The van der Waals surface area contributed by atoms with Crippen molar-refractivity contribution < 1.29 is 22.6 Å². The second-order valence-electron chi connectivity index (χ2n) is 2.89. The molecular weight excluding hydrogens is 247 g/mol. The summed E-state index contributed by atoms with van der Waals surface area (Å²) in [5.41, 5.74) is -1.91. The maximum Gasteiger partial charge on any atom is 0.416 e. The first kappa shape index (κ1) is 12.8. The fourth-order valence-corrected chi connectivity index (χ4v) is 1.77. The number of nitro groups is 1. The van der Waals surface area contributed by atoms with Crippen molar-refractivity contribution in [2.45, 2.75) is 11.1 Å². The van der Waals surface area contributed by atoms with Crippen molar-refractivity contribution in [3.8, 4) is 0 Å². The fraction of sp³-hybridized carbons (Fsp3) is 0.250. The number of halogens is 3. The second-order valence-corrected chi connectivity index (χ2v) is 4.24. The molecule has 0 heterocycles. The molecule has 1 rings (SSSR count). The van der Waals surface area contributed by atoms with Crippen LogP contribution in [0.4, 0.5) is 18.9 Å². The molecule has 0 aromatic heterocycles. The lowest BCUT2D eigenvalue weighted by molar-refractivity contribution is -0.388. The van der Waals surface area contributed by atoms with E-state index in [1.807, 2.05) is 0 Å². The summed E-state index contributed by atoms with van der Waals surface area (Å²) < 4.78 is 47.9. The van der Waals surface area contributed by atoms with E-state index in [1.165, 1.54) is 0 Å². The monoisotopic (exact) mass is 253 g/mol. The highest BCUT2D eigenvalue weighted by Crippen LogP contribution is 2.34. The quantitative estimate of drug-likeness (QED) is 0.461. The Morgan fingerprint density at radius 2 is 1.94 bits per heavy atom. The van der Waals surface area contributed by atoms with Crippen LogP contribution in [-0.2, 0) is 17.4 Å². The van der Waals surface area contributed by atoms with Gasteiger partial charge in [-0.2, -0.15) is 13.2 Å². The van der Waals surface area contributed by atoms with Crippen LogP contribution in [0.25, 0.3) is 0 Å². The van der Waals surface area contributed by atoms with E-state index >= 15 is 0 Å². The van der Waals surface area contributed by atoms with Gasteiger partial charge in [0.1, 0.15) is 6.26 Å². The summed E-state index contributed by atoms with van der Waals surface area (Å²) in [6, 6.07) is 1.91. The molecule has 0 aliphatic carbocycles. The van der Waals surface area contributed by atoms with Gasteiger partial charge in [0.15, 0.2) is 0 Å². The predicted octanol–water partition coefficient (Wildman–Crippen LogP) is 2.35. The molecule has 88 valence electrons. The molecule has 0 amide bonds. The maximum absolute atomic E-state index is 12.3. The van der Waals surface area contributed by atoms with Gasteiger partial charge in [0.2, 0.25) is 4.90 Å². The van der Waals surface area contributed by atoms with E-state index in [1.54, 1.807) is 0 Å². The van der Waals surface area contributed by atoms with Gasteiger partial charge in [-0.3, -0.25) is 10.1 Å². The molecule has 0 saturated carbocycles. The molecule has 16 heavy (non-hydrogen) atoms. The van der Waals surface area contributed by atoms with Crippen LogP contribution in [0.2, 0.25) is 0 Å². The molecular formula is C8H6F3NO3S. The maximum atomic E-state index is 12.3. The first-order valence-electron chi connectivity index (χ1n) is 3.92. The Balaban J connectivity index is 3.34. The number of hydrogen-bond donors (Lipinski definition) is 0. The summed E-state index contributed by atoms with van der Waals surface area (Å²) in [5, 5.41) is 10.5. The first-order chi connectivity index (χ1) is 7.23. The van der Waals surface area contributed by atoms with Crippen LogP contribution in [0.5, 0.6) is 0 Å². The SMILES string of the molecule is C[S+]([O-])c1ccc(C(F)(F)F)cc1[N+](=O)[O-]. The van der Waals surface area contributed by atoms with Gasteiger partial charge in [-0.1, -0.05) is 0 Å². The van der Waals surface area contributed by atoms with Crippen molar-refractivity contribution in [3.63, 3.8) is 0 Å². The summed E-state index contributed by atoms with van der Waals surface area (Å²) in [6.07, 6.45) is -3.49. The predicted molar refractivity (Wildman–Crippen MR) is 50.4 cm³/mol. The molecule has 0 bridgehead atoms. The van der Waals surface area contributed by atoms with Gasteiger partial charge >= 0.3 is 11.9 Å². The van der Waals surface area contributed by atoms with Crippen LogP contribution in [0, 0.1) is 10.1 Å². The minimum absolute atomic E-state index is 0.224. The molecule has 0 saturated heterocycles. The van der Waals surface area contributed by atoms with E-state index in [9.17, 15) is 27.8 Å². The van der Waals surface area contributed by atoms with Gasteiger partial charge in [-0.25, -0.2) is 0 Å². The average Bonchev–Trinajstić information content (AvgIpc) is 2.15. The molecule has 1 aromatic rings. The van der Waals surface area contributed by atoms with Crippen molar-refractivity contribution in [2.24, 2.45) is 0 Å². The number of alkyl halides is 3. The van der Waals surface area contributed by atoms with Crippen molar-refractivity contribution in [1.82, 2.24) is 0 Å². The van der Waals surface area contributed by atoms with Crippen molar-refractivity contribution >= 4 is 16.9 Å². The minimum atomic E-state index is -4.65. The summed E-state index contributed by atoms with van der Waals surface area (Å²) in [6.45, 7) is 0. The number of benzene rings is 1. The Kier molecular flexibility index (Phi) is 3.44. The number of rotatable bonds is 2. The standard InChI is InChI=1S/C8H6F3NO3S/c1-16(15)7-3-2-5(8(9,10)11)4-6(7)12(13)14/h2-4H,1H3. The van der Waals surface area contributed by atoms with Gasteiger partial charge in [-0.15, -0.1) is 0 Å². The Labute approximate surface area is 91.4 Å². The van der Waals surface area contributed by atoms with E-state index in [2.05, 4.69) is 0 Å². The number of nitro benzene ring substituents is 1. The van der Waals surface area contributed by atoms with E-state index < -0.39 is 33.5 Å². The highest BCUT2D eigenvalue weighted by Gasteiger charge is 2.34. The number of hydrogen-bond acceptors (Lipinski definition) is 3. The van der Waals surface area contributed by atoms with E-state index in [0.717, 1.165) is 12.3 Å². The molecule has 1 unspecified atom stereocenters. The lowest BCUT2D eigenvalue weighted by Gasteiger charge is -2.08. The van der Waals surface area contributed by atoms with Crippen LogP contribution < -0.4 is 0 Å². The van der Waals surface area contributed by atoms with Crippen molar-refractivity contribution in [2.75, 3.05) is 6.26 Å². The molecule has 1 aromatic carbocycles. The normalized spacial score (nSPS) is 13.6. The van der Waals surface area contributed by atoms with Crippen LogP contribution >= 0.6 is 0 Å². The minimum Gasteiger partial charge on any atom is -0.611 e. The molecule has 4 nitrogen and oxygen atoms in total. The van der Waals surface area contributed by atoms with E-state index in [4.69, 9.17) is 0 Å². The zero-order valence-electron chi connectivity index (χ0n) is 7.95. The topological polar surface area (TPSA) is 66.2 Å². The second kappa shape index (κ2) is 4.30. The van der Waals surface area contributed by atoms with Crippen molar-refractivity contribution in [3.05, 3.63) is 33.9 Å². The summed E-state index contributed by atoms with van der Waals surface area (Å²) >= 11 is -1.71. The third-order valence-corrected chi connectivity index (χ3v) is 2.76. The Morgan fingerprint density at radius 1 is 1.38 bits per heavy atom. The fourth-order valence-electron chi connectivity index (χ4n) is 1.08. The van der Waals surface area contributed by atoms with Crippen molar-refractivity contribution in [1.29, 1.82) is 0 Å². The summed E-state index contributed by atoms with van der Waals surface area (Å²) in [4.78, 5) is 9.30. The molecule has 0 fully saturated rings. The largest absolute Gasteiger partial charge is 0.611 e. The van der Waals surface area contributed by atoms with Crippen LogP contribution in [0.3, 0.4) is 0 Å². The highest BCUT2D eigenvalue weighted by atomic mass is 32.2. The van der Waals surface area contributed by atoms with Crippen LogP contribution in [0.15, 0.2) is 23.1 Å². The van der Waals surface area contributed by atoms with Gasteiger partial charge in [0.05, 0.1) is 10.5 Å². The zero-order chi connectivity index (χ0) is 12.5. The lowest BCUT2D eigenvalue weighted by atomic mass is 10.2. The number of nitrogens with zero attached hydrogens (tertiary/aromatic N) is 1. The molecule has 0 N–H and O–H groups in total. The molecule has 1 atom stereocenters. The van der Waals surface area contributed by atoms with Gasteiger partial charge in [-0.05, 0) is 17.2 Å². The highest BCUT2D eigenvalue weighted by molar-refractivity contribution is 7.90. The third kappa shape index (κ3) is 2.64. The molecule has 0 aliphatic heterocycles. The summed E-state index contributed by atoms with van der Waals surface area (Å²) in [7, 11) is 0. The average molecular weight is 253 g/mol. The van der Waals surface area contributed by atoms with Gasteiger partial charge in [0.25, 0.3) is 0 Å². The van der Waals surface area contributed by atoms with Gasteiger partial charge < -0.3 is 4.55 Å². The molecule has 8 heteroatoms. The van der Waals surface area contributed by atoms with Crippen LogP contribution in [-0.4, -0.2) is 15.7 Å². The Morgan fingerprint density at radius 3 is 2.31 bits per heavy atom. The third-order valence-electron chi connectivity index (χ3n) is 1.79. The molecule has 0 aliphatic rings. The Hall–Kier alpha value is -1.28. The van der Waals surface area contributed by atoms with E-state index in [0.29, 0.717) is 12.1 Å². The first-order valence-corrected chi connectivity index (χ1v) is 5.48. The smallest absolute Gasteiger partial charge is 0.416 e.